The molecule has 0 N–H and O–H groups in total. The molecule has 0 radical (unpaired) electrons. The third kappa shape index (κ3) is 2.14. The van der Waals surface area contributed by atoms with Crippen LogP contribution in [0.1, 0.15) is 47.5 Å². The lowest BCUT2D eigenvalue weighted by Crippen LogP contribution is -2.47. The van der Waals surface area contributed by atoms with Crippen LogP contribution >= 0.6 is 0 Å². The van der Waals surface area contributed by atoms with Gasteiger partial charge in [0.1, 0.15) is 0 Å². The normalized spacial score (nSPS) is 36.8. The van der Waals surface area contributed by atoms with Gasteiger partial charge >= 0.3 is 0 Å². The van der Waals surface area contributed by atoms with Gasteiger partial charge in [-0.05, 0) is 39.5 Å². The molecule has 2 heterocycles. The number of ether oxygens (including phenoxy) is 1. The van der Waals surface area contributed by atoms with E-state index in [0.29, 0.717) is 11.0 Å². The molecule has 2 atom stereocenters. The predicted molar refractivity (Wildman–Crippen MR) is 67.6 cm³/mol. The van der Waals surface area contributed by atoms with Crippen molar-refractivity contribution in [1.82, 2.24) is 4.90 Å². The van der Waals surface area contributed by atoms with Gasteiger partial charge in [-0.3, -0.25) is 4.90 Å². The first kappa shape index (κ1) is 12.4. The summed E-state index contributed by atoms with van der Waals surface area (Å²) < 4.78 is 5.64. The molecule has 2 aliphatic heterocycles. The molecule has 2 fully saturated rings. The molecule has 2 unspecified atom stereocenters. The topological polar surface area (TPSA) is 12.5 Å². The quantitative estimate of drug-likeness (QED) is 0.680. The third-order valence-electron chi connectivity index (χ3n) is 4.36. The van der Waals surface area contributed by atoms with E-state index in [1.807, 2.05) is 0 Å². The molecule has 2 aliphatic rings. The monoisotopic (exact) mass is 225 g/mol. The summed E-state index contributed by atoms with van der Waals surface area (Å²) in [4.78, 5) is 2.71. The van der Waals surface area contributed by atoms with E-state index in [1.165, 1.54) is 19.4 Å². The van der Waals surface area contributed by atoms with Gasteiger partial charge in [0.2, 0.25) is 0 Å². The molecule has 2 rings (SSSR count). The van der Waals surface area contributed by atoms with E-state index in [0.717, 1.165) is 25.2 Å². The Hall–Kier alpha value is -0.0800. The lowest BCUT2D eigenvalue weighted by atomic mass is 9.83. The second kappa shape index (κ2) is 3.99. The van der Waals surface area contributed by atoms with E-state index in [2.05, 4.69) is 39.5 Å². The van der Waals surface area contributed by atoms with Crippen LogP contribution in [0.25, 0.3) is 0 Å². The lowest BCUT2D eigenvalue weighted by molar-refractivity contribution is 0.0863. The van der Waals surface area contributed by atoms with E-state index in [1.54, 1.807) is 0 Å². The largest absolute Gasteiger partial charge is 0.381 e. The van der Waals surface area contributed by atoms with E-state index >= 15 is 0 Å². The van der Waals surface area contributed by atoms with Gasteiger partial charge in [-0.15, -0.1) is 0 Å². The lowest BCUT2D eigenvalue weighted by Gasteiger charge is -2.39. The summed E-state index contributed by atoms with van der Waals surface area (Å²) in [6.45, 7) is 15.0. The second-order valence-corrected chi connectivity index (χ2v) is 7.12. The molecule has 0 aliphatic carbocycles. The van der Waals surface area contributed by atoms with E-state index in [4.69, 9.17) is 4.74 Å². The van der Waals surface area contributed by atoms with Gasteiger partial charge in [0.15, 0.2) is 0 Å². The fraction of sp³-hybridized carbons (Fsp3) is 1.00. The molecule has 1 spiro atoms. The van der Waals surface area contributed by atoms with Crippen molar-refractivity contribution in [3.05, 3.63) is 0 Å². The minimum atomic E-state index is 0.293. The van der Waals surface area contributed by atoms with Gasteiger partial charge in [0.05, 0.1) is 6.61 Å². The van der Waals surface area contributed by atoms with Crippen LogP contribution < -0.4 is 0 Å². The molecule has 0 aromatic carbocycles. The zero-order chi connectivity index (χ0) is 12.0. The molecule has 0 saturated carbocycles. The maximum absolute atomic E-state index is 5.64. The molecule has 2 saturated heterocycles. The molecule has 2 nitrogen and oxygen atoms in total. The minimum Gasteiger partial charge on any atom is -0.381 e. The number of hydrogen-bond donors (Lipinski definition) is 0. The summed E-state index contributed by atoms with van der Waals surface area (Å²) in [6, 6.07) is 0.738. The van der Waals surface area contributed by atoms with E-state index < -0.39 is 0 Å². The van der Waals surface area contributed by atoms with Crippen LogP contribution in [0.5, 0.6) is 0 Å². The van der Waals surface area contributed by atoms with Crippen LogP contribution in [0.4, 0.5) is 0 Å². The van der Waals surface area contributed by atoms with Crippen molar-refractivity contribution in [2.45, 2.75) is 59.0 Å². The second-order valence-electron chi connectivity index (χ2n) is 7.12. The maximum atomic E-state index is 5.64. The maximum Gasteiger partial charge on any atom is 0.0536 e. The Labute approximate surface area is 100 Å². The minimum absolute atomic E-state index is 0.293. The van der Waals surface area contributed by atoms with E-state index in [9.17, 15) is 0 Å². The number of rotatable bonds is 1. The van der Waals surface area contributed by atoms with Crippen molar-refractivity contribution in [2.24, 2.45) is 11.3 Å². The first-order chi connectivity index (χ1) is 7.34. The molecular weight excluding hydrogens is 198 g/mol. The molecule has 0 aromatic rings. The summed E-state index contributed by atoms with van der Waals surface area (Å²) in [5.74, 6) is 0.749. The van der Waals surface area contributed by atoms with Crippen LogP contribution in [-0.2, 0) is 4.74 Å². The van der Waals surface area contributed by atoms with Gasteiger partial charge in [0.25, 0.3) is 0 Å². The summed E-state index contributed by atoms with van der Waals surface area (Å²) in [5, 5.41) is 0. The Balaban J connectivity index is 2.17. The Kier molecular flexibility index (Phi) is 3.09. The van der Waals surface area contributed by atoms with Gasteiger partial charge in [-0.1, -0.05) is 13.8 Å². The van der Waals surface area contributed by atoms with Gasteiger partial charge in [0, 0.05) is 30.1 Å². The number of likely N-dealkylation sites (tertiary alicyclic amines) is 1. The van der Waals surface area contributed by atoms with Crippen LogP contribution in [0.2, 0.25) is 0 Å². The average Bonchev–Trinajstić information content (AvgIpc) is 2.73. The highest BCUT2D eigenvalue weighted by Crippen LogP contribution is 2.45. The van der Waals surface area contributed by atoms with Crippen LogP contribution in [0.15, 0.2) is 0 Å². The molecule has 0 aromatic heterocycles. The highest BCUT2D eigenvalue weighted by molar-refractivity contribution is 5.02. The number of hydrogen-bond acceptors (Lipinski definition) is 2. The van der Waals surface area contributed by atoms with Crippen molar-refractivity contribution >= 4 is 0 Å². The zero-order valence-electron chi connectivity index (χ0n) is 11.5. The summed E-state index contributed by atoms with van der Waals surface area (Å²) in [6.07, 6.45) is 2.60. The first-order valence-corrected chi connectivity index (χ1v) is 6.69. The van der Waals surface area contributed by atoms with Gasteiger partial charge in [-0.2, -0.15) is 0 Å². The third-order valence-corrected chi connectivity index (χ3v) is 4.36. The van der Waals surface area contributed by atoms with E-state index in [-0.39, 0.29) is 0 Å². The molecule has 2 heteroatoms. The summed E-state index contributed by atoms with van der Waals surface area (Å²) in [5.41, 5.74) is 0.767. The SMILES string of the molecule is CC(C)C1CC2(CCOC2)CN1C(C)(C)C. The van der Waals surface area contributed by atoms with Gasteiger partial charge < -0.3 is 4.74 Å². The smallest absolute Gasteiger partial charge is 0.0536 e. The standard InChI is InChI=1S/C14H27NO/c1-11(2)12-8-14(6-7-16-10-14)9-15(12)13(3,4)5/h11-12H,6-10H2,1-5H3. The summed E-state index contributed by atoms with van der Waals surface area (Å²) in [7, 11) is 0. The Bertz CT molecular complexity index is 248. The highest BCUT2D eigenvalue weighted by Gasteiger charge is 2.49. The van der Waals surface area contributed by atoms with Crippen LogP contribution in [0.3, 0.4) is 0 Å². The molecular formula is C14H27NO. The molecule has 94 valence electrons. The van der Waals surface area contributed by atoms with Crippen molar-refractivity contribution in [2.75, 3.05) is 19.8 Å². The zero-order valence-corrected chi connectivity index (χ0v) is 11.5. The fourth-order valence-corrected chi connectivity index (χ4v) is 3.36. The van der Waals surface area contributed by atoms with Gasteiger partial charge in [-0.25, -0.2) is 0 Å². The predicted octanol–water partition coefficient (Wildman–Crippen LogP) is 2.92. The van der Waals surface area contributed by atoms with Crippen LogP contribution in [0, 0.1) is 11.3 Å². The summed E-state index contributed by atoms with van der Waals surface area (Å²) >= 11 is 0. The Morgan fingerprint density at radius 1 is 1.31 bits per heavy atom. The molecule has 0 amide bonds. The fourth-order valence-electron chi connectivity index (χ4n) is 3.36. The Morgan fingerprint density at radius 2 is 2.00 bits per heavy atom. The molecule has 0 bridgehead atoms. The average molecular weight is 225 g/mol. The molecule has 16 heavy (non-hydrogen) atoms. The van der Waals surface area contributed by atoms with Crippen molar-refractivity contribution < 1.29 is 4.74 Å². The number of nitrogens with zero attached hydrogens (tertiary/aromatic N) is 1. The van der Waals surface area contributed by atoms with Crippen molar-refractivity contribution in [3.8, 4) is 0 Å². The van der Waals surface area contributed by atoms with Crippen molar-refractivity contribution in [3.63, 3.8) is 0 Å². The van der Waals surface area contributed by atoms with Crippen LogP contribution in [-0.4, -0.2) is 36.2 Å². The highest BCUT2D eigenvalue weighted by atomic mass is 16.5. The first-order valence-electron chi connectivity index (χ1n) is 6.69. The Morgan fingerprint density at radius 3 is 2.38 bits per heavy atom. The van der Waals surface area contributed by atoms with Crippen molar-refractivity contribution in [1.29, 1.82) is 0 Å².